The van der Waals surface area contributed by atoms with Crippen molar-refractivity contribution in [3.05, 3.63) is 95.6 Å². The smallest absolute Gasteiger partial charge is 0.336 e. The van der Waals surface area contributed by atoms with Gasteiger partial charge in [-0.3, -0.25) is 0 Å². The zero-order chi connectivity index (χ0) is 22.1. The normalized spacial score (nSPS) is 11.5. The summed E-state index contributed by atoms with van der Waals surface area (Å²) in [6.07, 6.45) is 0. The lowest BCUT2D eigenvalue weighted by atomic mass is 9.89. The number of benzene rings is 3. The first kappa shape index (κ1) is 22.1. The first-order valence-electron chi connectivity index (χ1n) is 9.61. The van der Waals surface area contributed by atoms with Crippen molar-refractivity contribution in [3.63, 3.8) is 0 Å². The molecule has 0 unspecified atom stereocenters. The Kier molecular flexibility index (Phi) is 7.81. The Labute approximate surface area is 181 Å². The van der Waals surface area contributed by atoms with Gasteiger partial charge in [-0.2, -0.15) is 0 Å². The van der Waals surface area contributed by atoms with Crippen LogP contribution in [0.3, 0.4) is 0 Å². The fourth-order valence-electron chi connectivity index (χ4n) is 3.12. The molecule has 0 bridgehead atoms. The van der Waals surface area contributed by atoms with Crippen molar-refractivity contribution >= 4 is 17.1 Å². The molecule has 0 heterocycles. The van der Waals surface area contributed by atoms with Crippen molar-refractivity contribution in [2.75, 3.05) is 27.8 Å². The van der Waals surface area contributed by atoms with Gasteiger partial charge < -0.3 is 24.1 Å². The van der Waals surface area contributed by atoms with Gasteiger partial charge in [0.1, 0.15) is 11.5 Å². The number of carboxylic acid groups (broad SMARTS) is 1. The lowest BCUT2D eigenvalue weighted by Gasteiger charge is -2.15. The Morgan fingerprint density at radius 2 is 1.13 bits per heavy atom. The number of methoxy groups -OCH3 is 2. The van der Waals surface area contributed by atoms with Crippen molar-refractivity contribution in [1.82, 2.24) is 0 Å². The SMILES string of the molecule is COCOc1ccc(/C(C(=O)O)=C(\c2ccccc2)c2ccc(OCOC)cc2)cc1. The first-order chi connectivity index (χ1) is 15.1. The lowest BCUT2D eigenvalue weighted by molar-refractivity contribution is -0.130. The van der Waals surface area contributed by atoms with Gasteiger partial charge in [-0.05, 0) is 41.0 Å². The fraction of sp³-hybridized carbons (Fsp3) is 0.160. The summed E-state index contributed by atoms with van der Waals surface area (Å²) in [6, 6.07) is 23.6. The molecular weight excluding hydrogens is 396 g/mol. The molecule has 0 aliphatic carbocycles. The highest BCUT2D eigenvalue weighted by Crippen LogP contribution is 2.34. The molecule has 160 valence electrons. The summed E-state index contributed by atoms with van der Waals surface area (Å²) in [5.74, 6) is 0.204. The molecule has 31 heavy (non-hydrogen) atoms. The van der Waals surface area contributed by atoms with E-state index in [-0.39, 0.29) is 19.2 Å². The minimum Gasteiger partial charge on any atom is -0.478 e. The standard InChI is InChI=1S/C25H24O6/c1-28-16-30-21-12-8-19(9-13-21)23(18-6-4-3-5-7-18)24(25(26)27)20-10-14-22(15-11-20)31-17-29-2/h3-15H,16-17H2,1-2H3,(H,26,27)/b24-23-. The number of ether oxygens (including phenoxy) is 4. The van der Waals surface area contributed by atoms with Crippen LogP contribution < -0.4 is 9.47 Å². The molecule has 0 saturated heterocycles. The monoisotopic (exact) mass is 420 g/mol. The molecule has 1 N–H and O–H groups in total. The van der Waals surface area contributed by atoms with Crippen LogP contribution in [0.15, 0.2) is 78.9 Å². The van der Waals surface area contributed by atoms with Crippen LogP contribution in [-0.2, 0) is 14.3 Å². The van der Waals surface area contributed by atoms with Gasteiger partial charge in [-0.25, -0.2) is 4.79 Å². The Bertz CT molecular complexity index is 1010. The van der Waals surface area contributed by atoms with Crippen LogP contribution in [0.5, 0.6) is 11.5 Å². The number of aliphatic carboxylic acids is 1. The second kappa shape index (κ2) is 11.0. The third-order valence-electron chi connectivity index (χ3n) is 4.50. The Morgan fingerprint density at radius 3 is 1.58 bits per heavy atom. The van der Waals surface area contributed by atoms with E-state index in [2.05, 4.69) is 0 Å². The van der Waals surface area contributed by atoms with Gasteiger partial charge in [0.2, 0.25) is 0 Å². The fourth-order valence-corrected chi connectivity index (χ4v) is 3.12. The Morgan fingerprint density at radius 1 is 0.677 bits per heavy atom. The lowest BCUT2D eigenvalue weighted by Crippen LogP contribution is -2.06. The summed E-state index contributed by atoms with van der Waals surface area (Å²) >= 11 is 0. The zero-order valence-electron chi connectivity index (χ0n) is 17.4. The van der Waals surface area contributed by atoms with Gasteiger partial charge in [0, 0.05) is 19.8 Å². The minimum absolute atomic E-state index is 0.119. The average molecular weight is 420 g/mol. The third kappa shape index (κ3) is 5.72. The van der Waals surface area contributed by atoms with E-state index in [9.17, 15) is 9.90 Å². The maximum absolute atomic E-state index is 12.4. The molecule has 0 fully saturated rings. The van der Waals surface area contributed by atoms with Gasteiger partial charge in [0.25, 0.3) is 0 Å². The number of hydrogen-bond acceptors (Lipinski definition) is 5. The maximum Gasteiger partial charge on any atom is 0.336 e. The summed E-state index contributed by atoms with van der Waals surface area (Å²) < 4.78 is 20.7. The van der Waals surface area contributed by atoms with E-state index in [0.29, 0.717) is 22.6 Å². The maximum atomic E-state index is 12.4. The predicted molar refractivity (Wildman–Crippen MR) is 118 cm³/mol. The van der Waals surface area contributed by atoms with E-state index in [1.54, 1.807) is 43.5 Å². The molecule has 0 saturated carbocycles. The van der Waals surface area contributed by atoms with Gasteiger partial charge >= 0.3 is 5.97 Å². The molecular formula is C25H24O6. The molecule has 0 amide bonds. The van der Waals surface area contributed by atoms with Crippen molar-refractivity contribution in [3.8, 4) is 11.5 Å². The quantitative estimate of drug-likeness (QED) is 0.291. The second-order valence-corrected chi connectivity index (χ2v) is 6.57. The Hall–Kier alpha value is -3.61. The first-order valence-corrected chi connectivity index (χ1v) is 9.61. The highest BCUT2D eigenvalue weighted by molar-refractivity contribution is 6.26. The van der Waals surface area contributed by atoms with E-state index in [1.807, 2.05) is 42.5 Å². The van der Waals surface area contributed by atoms with E-state index in [1.165, 1.54) is 7.11 Å². The van der Waals surface area contributed by atoms with Crippen LogP contribution in [0.4, 0.5) is 0 Å². The summed E-state index contributed by atoms with van der Waals surface area (Å²) in [5.41, 5.74) is 2.92. The van der Waals surface area contributed by atoms with Gasteiger partial charge in [0.15, 0.2) is 13.6 Å². The van der Waals surface area contributed by atoms with E-state index in [0.717, 1.165) is 11.1 Å². The molecule has 0 atom stereocenters. The zero-order valence-corrected chi connectivity index (χ0v) is 17.4. The minimum atomic E-state index is -1.02. The third-order valence-corrected chi connectivity index (χ3v) is 4.50. The molecule has 0 aliphatic rings. The Balaban J connectivity index is 2.11. The predicted octanol–water partition coefficient (Wildman–Crippen LogP) is 4.70. The van der Waals surface area contributed by atoms with Gasteiger partial charge in [-0.15, -0.1) is 0 Å². The number of carboxylic acids is 1. The van der Waals surface area contributed by atoms with Gasteiger partial charge in [-0.1, -0.05) is 54.6 Å². The van der Waals surface area contributed by atoms with Gasteiger partial charge in [0.05, 0.1) is 5.57 Å². The molecule has 3 aromatic carbocycles. The highest BCUT2D eigenvalue weighted by Gasteiger charge is 2.20. The van der Waals surface area contributed by atoms with Crippen molar-refractivity contribution in [2.24, 2.45) is 0 Å². The summed E-state index contributed by atoms with van der Waals surface area (Å²) in [5, 5.41) is 10.2. The molecule has 3 rings (SSSR count). The largest absolute Gasteiger partial charge is 0.478 e. The van der Waals surface area contributed by atoms with Crippen molar-refractivity contribution in [2.45, 2.75) is 0 Å². The molecule has 0 spiro atoms. The van der Waals surface area contributed by atoms with Crippen LogP contribution in [-0.4, -0.2) is 38.9 Å². The number of rotatable bonds is 10. The van der Waals surface area contributed by atoms with Crippen molar-refractivity contribution < 1.29 is 28.8 Å². The molecule has 6 heteroatoms. The molecule has 0 aliphatic heterocycles. The average Bonchev–Trinajstić information content (AvgIpc) is 2.81. The second-order valence-electron chi connectivity index (χ2n) is 6.57. The molecule has 3 aromatic rings. The molecule has 6 nitrogen and oxygen atoms in total. The molecule has 0 aromatic heterocycles. The number of hydrogen-bond donors (Lipinski definition) is 1. The summed E-state index contributed by atoms with van der Waals surface area (Å²) in [4.78, 5) is 12.4. The highest BCUT2D eigenvalue weighted by atomic mass is 16.7. The topological polar surface area (TPSA) is 74.2 Å². The van der Waals surface area contributed by atoms with Crippen LogP contribution in [0, 0.1) is 0 Å². The van der Waals surface area contributed by atoms with Crippen molar-refractivity contribution in [1.29, 1.82) is 0 Å². The van der Waals surface area contributed by atoms with E-state index in [4.69, 9.17) is 18.9 Å². The van der Waals surface area contributed by atoms with Crippen LogP contribution in [0.1, 0.15) is 16.7 Å². The van der Waals surface area contributed by atoms with Crippen LogP contribution in [0.2, 0.25) is 0 Å². The van der Waals surface area contributed by atoms with E-state index >= 15 is 0 Å². The summed E-state index contributed by atoms with van der Waals surface area (Å²) in [6.45, 7) is 0.256. The van der Waals surface area contributed by atoms with E-state index < -0.39 is 5.97 Å². The number of carbonyl (C=O) groups is 1. The van der Waals surface area contributed by atoms with Crippen LogP contribution in [0.25, 0.3) is 11.1 Å². The molecule has 0 radical (unpaired) electrons. The van der Waals surface area contributed by atoms with Crippen LogP contribution >= 0.6 is 0 Å². The summed E-state index contributed by atoms with van der Waals surface area (Å²) in [7, 11) is 3.09.